The maximum absolute atomic E-state index is 12.7. The number of rotatable bonds is 2. The van der Waals surface area contributed by atoms with Crippen molar-refractivity contribution in [3.8, 4) is 0 Å². The third-order valence-electron chi connectivity index (χ3n) is 4.09. The van der Waals surface area contributed by atoms with Crippen molar-refractivity contribution >= 4 is 34.4 Å². The van der Waals surface area contributed by atoms with Gasteiger partial charge < -0.3 is 9.88 Å². The van der Waals surface area contributed by atoms with Crippen LogP contribution >= 0.6 is 11.8 Å². The third-order valence-corrected chi connectivity index (χ3v) is 5.06. The fourth-order valence-corrected chi connectivity index (χ4v) is 4.03. The zero-order chi connectivity index (χ0) is 15.3. The van der Waals surface area contributed by atoms with Gasteiger partial charge in [-0.15, -0.1) is 0 Å². The number of carbonyl (C=O) groups excluding carboxylic acids is 1. The number of nitrogens with one attached hydrogen (secondary N) is 1. The van der Waals surface area contributed by atoms with Crippen LogP contribution in [0.3, 0.4) is 0 Å². The summed E-state index contributed by atoms with van der Waals surface area (Å²) in [5.41, 5.74) is 3.99. The lowest BCUT2D eigenvalue weighted by molar-refractivity contribution is 0.102. The van der Waals surface area contributed by atoms with E-state index in [0.29, 0.717) is 5.56 Å². The highest BCUT2D eigenvalue weighted by molar-refractivity contribution is 7.98. The Balaban J connectivity index is 1.73. The topological polar surface area (TPSA) is 51.9 Å². The molecule has 2 aromatic heterocycles. The van der Waals surface area contributed by atoms with Crippen molar-refractivity contribution in [1.82, 2.24) is 14.3 Å². The van der Waals surface area contributed by atoms with E-state index in [4.69, 9.17) is 0 Å². The number of benzene rings is 1. The summed E-state index contributed by atoms with van der Waals surface area (Å²) in [6, 6.07) is 7.94. The molecule has 0 spiro atoms. The van der Waals surface area contributed by atoms with E-state index in [9.17, 15) is 4.79 Å². The molecule has 1 aliphatic heterocycles. The molecule has 0 unspecified atom stereocenters. The van der Waals surface area contributed by atoms with E-state index >= 15 is 0 Å². The minimum Gasteiger partial charge on any atom is -0.350 e. The average molecular weight is 312 g/mol. The van der Waals surface area contributed by atoms with E-state index in [1.165, 1.54) is 0 Å². The highest BCUT2D eigenvalue weighted by Gasteiger charge is 2.23. The molecule has 0 saturated carbocycles. The molecule has 1 aromatic carbocycles. The summed E-state index contributed by atoms with van der Waals surface area (Å²) in [4.78, 5) is 12.7. The number of carbonyl (C=O) groups is 1. The van der Waals surface area contributed by atoms with Crippen molar-refractivity contribution in [2.24, 2.45) is 14.1 Å². The predicted molar refractivity (Wildman–Crippen MR) is 89.1 cm³/mol. The van der Waals surface area contributed by atoms with Crippen molar-refractivity contribution < 1.29 is 4.79 Å². The smallest absolute Gasteiger partial charge is 0.258 e. The first-order chi connectivity index (χ1) is 10.6. The molecular formula is C16H16N4OS. The number of fused-ring (bicyclic) bond motifs is 2. The molecule has 0 fully saturated rings. The Hall–Kier alpha value is -2.21. The third kappa shape index (κ3) is 1.94. The molecule has 6 heteroatoms. The van der Waals surface area contributed by atoms with E-state index in [-0.39, 0.29) is 5.91 Å². The van der Waals surface area contributed by atoms with Crippen LogP contribution < -0.4 is 5.32 Å². The Labute approximate surface area is 132 Å². The van der Waals surface area contributed by atoms with Crippen molar-refractivity contribution in [2.75, 3.05) is 5.32 Å². The summed E-state index contributed by atoms with van der Waals surface area (Å²) in [7, 11) is 3.83. The second-order valence-electron chi connectivity index (χ2n) is 5.52. The zero-order valence-electron chi connectivity index (χ0n) is 12.5. The van der Waals surface area contributed by atoms with Gasteiger partial charge in [0.05, 0.1) is 11.3 Å². The Morgan fingerprint density at radius 3 is 2.95 bits per heavy atom. The van der Waals surface area contributed by atoms with E-state index in [1.807, 2.05) is 60.9 Å². The fraction of sp³-hybridized carbons (Fsp3) is 0.250. The molecule has 0 aliphatic carbocycles. The number of anilines is 1. The molecule has 0 atom stereocenters. The number of hydrogen-bond acceptors (Lipinski definition) is 3. The summed E-state index contributed by atoms with van der Waals surface area (Å²) in [5, 5.41) is 8.50. The van der Waals surface area contributed by atoms with Gasteiger partial charge in [0.2, 0.25) is 0 Å². The molecule has 0 saturated heterocycles. The SMILES string of the molecule is Cn1nc2c(c1NC(=O)c1cn(C)c3ccccc13)CSC2. The number of para-hydroxylation sites is 1. The van der Waals surface area contributed by atoms with Crippen LogP contribution in [0.5, 0.6) is 0 Å². The number of aromatic nitrogens is 3. The average Bonchev–Trinajstić information content (AvgIpc) is 3.16. The highest BCUT2D eigenvalue weighted by atomic mass is 32.2. The molecule has 1 amide bonds. The number of hydrogen-bond donors (Lipinski definition) is 1. The second-order valence-corrected chi connectivity index (χ2v) is 6.50. The van der Waals surface area contributed by atoms with E-state index < -0.39 is 0 Å². The highest BCUT2D eigenvalue weighted by Crippen LogP contribution is 2.34. The van der Waals surface area contributed by atoms with Crippen molar-refractivity contribution in [3.63, 3.8) is 0 Å². The van der Waals surface area contributed by atoms with Gasteiger partial charge >= 0.3 is 0 Å². The van der Waals surface area contributed by atoms with Gasteiger partial charge in [0.15, 0.2) is 0 Å². The lowest BCUT2D eigenvalue weighted by atomic mass is 10.1. The predicted octanol–water partition coefficient (Wildman–Crippen LogP) is 2.91. The number of aryl methyl sites for hydroxylation is 2. The Bertz CT molecular complexity index is 893. The summed E-state index contributed by atoms with van der Waals surface area (Å²) in [6.45, 7) is 0. The molecule has 4 rings (SSSR count). The van der Waals surface area contributed by atoms with Gasteiger partial charge in [-0.05, 0) is 6.07 Å². The van der Waals surface area contributed by atoms with Crippen LogP contribution in [0.1, 0.15) is 21.6 Å². The van der Waals surface area contributed by atoms with Crippen LogP contribution in [-0.4, -0.2) is 20.3 Å². The molecule has 3 aromatic rings. The number of amides is 1. The van der Waals surface area contributed by atoms with Crippen molar-refractivity contribution in [1.29, 1.82) is 0 Å². The molecule has 5 nitrogen and oxygen atoms in total. The molecule has 1 aliphatic rings. The Morgan fingerprint density at radius 1 is 1.27 bits per heavy atom. The largest absolute Gasteiger partial charge is 0.350 e. The fourth-order valence-electron chi connectivity index (χ4n) is 2.99. The minimum absolute atomic E-state index is 0.0838. The Kier molecular flexibility index (Phi) is 3.00. The maximum Gasteiger partial charge on any atom is 0.258 e. The summed E-state index contributed by atoms with van der Waals surface area (Å²) in [6.07, 6.45) is 1.88. The van der Waals surface area contributed by atoms with E-state index in [1.54, 1.807) is 4.68 Å². The van der Waals surface area contributed by atoms with Crippen LogP contribution in [-0.2, 0) is 25.6 Å². The summed E-state index contributed by atoms with van der Waals surface area (Å²) in [5.74, 6) is 2.57. The van der Waals surface area contributed by atoms with Gasteiger partial charge in [0.25, 0.3) is 5.91 Å². The standard InChI is InChI=1S/C16H16N4OS/c1-19-7-11(10-5-3-4-6-14(10)19)16(21)17-15-12-8-22-9-13(12)18-20(15)2/h3-7H,8-9H2,1-2H3,(H,17,21). The van der Waals surface area contributed by atoms with E-state index in [2.05, 4.69) is 10.4 Å². The molecular weight excluding hydrogens is 296 g/mol. The number of thioether (sulfide) groups is 1. The van der Waals surface area contributed by atoms with Crippen LogP contribution in [0.25, 0.3) is 10.9 Å². The first-order valence-electron chi connectivity index (χ1n) is 7.13. The van der Waals surface area contributed by atoms with Crippen molar-refractivity contribution in [2.45, 2.75) is 11.5 Å². The zero-order valence-corrected chi connectivity index (χ0v) is 13.3. The monoisotopic (exact) mass is 312 g/mol. The van der Waals surface area contributed by atoms with Gasteiger partial charge in [-0.2, -0.15) is 16.9 Å². The molecule has 0 bridgehead atoms. The van der Waals surface area contributed by atoms with Crippen LogP contribution in [0.15, 0.2) is 30.5 Å². The van der Waals surface area contributed by atoms with E-state index in [0.717, 1.165) is 39.5 Å². The second kappa shape index (κ2) is 4.91. The summed E-state index contributed by atoms with van der Waals surface area (Å²) >= 11 is 1.83. The normalized spacial score (nSPS) is 13.5. The summed E-state index contributed by atoms with van der Waals surface area (Å²) < 4.78 is 3.75. The number of nitrogens with zero attached hydrogens (tertiary/aromatic N) is 3. The molecule has 112 valence electrons. The molecule has 22 heavy (non-hydrogen) atoms. The van der Waals surface area contributed by atoms with Crippen LogP contribution in [0.2, 0.25) is 0 Å². The minimum atomic E-state index is -0.0838. The maximum atomic E-state index is 12.7. The molecule has 3 heterocycles. The van der Waals surface area contributed by atoms with Gasteiger partial charge in [-0.25, -0.2) is 0 Å². The van der Waals surface area contributed by atoms with Gasteiger partial charge in [-0.1, -0.05) is 18.2 Å². The Morgan fingerprint density at radius 2 is 2.09 bits per heavy atom. The van der Waals surface area contributed by atoms with Gasteiger partial charge in [0.1, 0.15) is 5.82 Å². The van der Waals surface area contributed by atoms with Crippen molar-refractivity contribution in [3.05, 3.63) is 47.3 Å². The van der Waals surface area contributed by atoms with Gasteiger partial charge in [0, 0.05) is 48.3 Å². The molecule has 1 N–H and O–H groups in total. The molecule has 0 radical (unpaired) electrons. The van der Waals surface area contributed by atoms with Crippen LogP contribution in [0.4, 0.5) is 5.82 Å². The van der Waals surface area contributed by atoms with Gasteiger partial charge in [-0.3, -0.25) is 9.48 Å². The van der Waals surface area contributed by atoms with Crippen LogP contribution in [0, 0.1) is 0 Å². The first-order valence-corrected chi connectivity index (χ1v) is 8.28. The lowest BCUT2D eigenvalue weighted by Crippen LogP contribution is -2.15. The quantitative estimate of drug-likeness (QED) is 0.791. The lowest BCUT2D eigenvalue weighted by Gasteiger charge is -2.07. The first kappa shape index (κ1) is 13.5.